The number of hydrogen-bond donors (Lipinski definition) is 1. The Balaban J connectivity index is 1.81. The van der Waals surface area contributed by atoms with Crippen LogP contribution in [0.5, 0.6) is 0 Å². The predicted molar refractivity (Wildman–Crippen MR) is 80.2 cm³/mol. The molecular formula is C15H27N3O3. The molecule has 0 radical (unpaired) electrons. The van der Waals surface area contributed by atoms with E-state index in [2.05, 4.69) is 11.8 Å². The fourth-order valence-electron chi connectivity index (χ4n) is 3.33. The summed E-state index contributed by atoms with van der Waals surface area (Å²) in [6.45, 7) is 8.13. The van der Waals surface area contributed by atoms with Gasteiger partial charge in [-0.3, -0.25) is 9.69 Å². The number of carboxylic acid groups (broad SMARTS) is 1. The first-order valence-electron chi connectivity index (χ1n) is 8.08. The third-order valence-electron chi connectivity index (χ3n) is 4.44. The highest BCUT2D eigenvalue weighted by atomic mass is 16.4. The Labute approximate surface area is 126 Å². The maximum absolute atomic E-state index is 12.5. The second-order valence-electron chi connectivity index (χ2n) is 6.16. The molecule has 1 N–H and O–H groups in total. The molecule has 2 heterocycles. The summed E-state index contributed by atoms with van der Waals surface area (Å²) in [5.74, 6) is -0.649. The van der Waals surface area contributed by atoms with Crippen molar-refractivity contribution >= 4 is 12.0 Å². The van der Waals surface area contributed by atoms with Crippen LogP contribution in [0.1, 0.15) is 32.6 Å². The van der Waals surface area contributed by atoms with Crippen molar-refractivity contribution in [1.29, 1.82) is 0 Å². The molecule has 0 spiro atoms. The van der Waals surface area contributed by atoms with Gasteiger partial charge in [0.05, 0.1) is 0 Å². The Hall–Kier alpha value is -1.30. The number of nitrogens with zero attached hydrogens (tertiary/aromatic N) is 3. The third-order valence-corrected chi connectivity index (χ3v) is 4.44. The van der Waals surface area contributed by atoms with E-state index < -0.39 is 5.97 Å². The van der Waals surface area contributed by atoms with Crippen molar-refractivity contribution in [2.45, 2.75) is 32.6 Å². The Morgan fingerprint density at radius 1 is 1.10 bits per heavy atom. The van der Waals surface area contributed by atoms with Crippen LogP contribution in [0.15, 0.2) is 0 Å². The molecule has 0 aromatic carbocycles. The van der Waals surface area contributed by atoms with Gasteiger partial charge in [0.25, 0.3) is 0 Å². The normalized spacial score (nSPS) is 24.1. The van der Waals surface area contributed by atoms with Gasteiger partial charge >= 0.3 is 12.0 Å². The molecule has 120 valence electrons. The maximum Gasteiger partial charge on any atom is 0.320 e. The Morgan fingerprint density at radius 3 is 2.43 bits per heavy atom. The fourth-order valence-corrected chi connectivity index (χ4v) is 3.33. The molecule has 2 fully saturated rings. The minimum Gasteiger partial charge on any atom is -0.481 e. The van der Waals surface area contributed by atoms with E-state index in [1.807, 2.05) is 9.80 Å². The summed E-state index contributed by atoms with van der Waals surface area (Å²) in [5, 5.41) is 8.90. The van der Waals surface area contributed by atoms with Crippen LogP contribution in [0.3, 0.4) is 0 Å². The lowest BCUT2D eigenvalue weighted by Gasteiger charge is -2.40. The van der Waals surface area contributed by atoms with Crippen molar-refractivity contribution < 1.29 is 14.7 Å². The van der Waals surface area contributed by atoms with Crippen molar-refractivity contribution in [2.24, 2.45) is 5.92 Å². The maximum atomic E-state index is 12.5. The summed E-state index contributed by atoms with van der Waals surface area (Å²) in [6.07, 6.45) is 3.16. The van der Waals surface area contributed by atoms with E-state index in [0.717, 1.165) is 58.5 Å². The lowest BCUT2D eigenvalue weighted by atomic mass is 9.95. The lowest BCUT2D eigenvalue weighted by Crippen LogP contribution is -2.54. The summed E-state index contributed by atoms with van der Waals surface area (Å²) in [5.41, 5.74) is 0. The Bertz CT molecular complexity index is 367. The first-order valence-corrected chi connectivity index (χ1v) is 8.08. The van der Waals surface area contributed by atoms with Gasteiger partial charge in [-0.2, -0.15) is 0 Å². The summed E-state index contributed by atoms with van der Waals surface area (Å²) in [7, 11) is 0. The standard InChI is InChI=1S/C15H27N3O3/c1-2-5-16-7-9-17(10-8-16)15(21)18-6-3-4-13(12-18)11-14(19)20/h13H,2-12H2,1H3,(H,19,20). The smallest absolute Gasteiger partial charge is 0.320 e. The van der Waals surface area contributed by atoms with Crippen LogP contribution in [-0.2, 0) is 4.79 Å². The minimum absolute atomic E-state index is 0.0984. The number of hydrogen-bond acceptors (Lipinski definition) is 3. The summed E-state index contributed by atoms with van der Waals surface area (Å²) in [6, 6.07) is 0.0984. The lowest BCUT2D eigenvalue weighted by molar-refractivity contribution is -0.138. The minimum atomic E-state index is -0.762. The molecule has 1 unspecified atom stereocenters. The summed E-state index contributed by atoms with van der Waals surface area (Å²) >= 11 is 0. The molecule has 2 aliphatic heterocycles. The van der Waals surface area contributed by atoms with Crippen LogP contribution >= 0.6 is 0 Å². The van der Waals surface area contributed by atoms with Crippen LogP contribution in [-0.4, -0.2) is 77.6 Å². The van der Waals surface area contributed by atoms with Crippen LogP contribution in [0.25, 0.3) is 0 Å². The van der Waals surface area contributed by atoms with Crippen molar-refractivity contribution in [1.82, 2.24) is 14.7 Å². The number of likely N-dealkylation sites (tertiary alicyclic amines) is 1. The van der Waals surface area contributed by atoms with Gasteiger partial charge in [0.15, 0.2) is 0 Å². The average molecular weight is 297 g/mol. The zero-order valence-electron chi connectivity index (χ0n) is 13.0. The van der Waals surface area contributed by atoms with E-state index in [-0.39, 0.29) is 18.4 Å². The number of carboxylic acids is 1. The number of piperidine rings is 1. The number of amides is 2. The molecule has 1 atom stereocenters. The monoisotopic (exact) mass is 297 g/mol. The van der Waals surface area contributed by atoms with Gasteiger partial charge in [-0.05, 0) is 31.7 Å². The van der Waals surface area contributed by atoms with Crippen LogP contribution in [0, 0.1) is 5.92 Å². The second-order valence-corrected chi connectivity index (χ2v) is 6.16. The molecule has 6 heteroatoms. The highest BCUT2D eigenvalue weighted by molar-refractivity contribution is 5.75. The predicted octanol–water partition coefficient (Wildman–Crippen LogP) is 1.32. The van der Waals surface area contributed by atoms with Crippen molar-refractivity contribution in [3.63, 3.8) is 0 Å². The molecular weight excluding hydrogens is 270 g/mol. The molecule has 0 saturated carbocycles. The number of aliphatic carboxylic acids is 1. The van der Waals surface area contributed by atoms with E-state index in [9.17, 15) is 9.59 Å². The number of carbonyl (C=O) groups excluding carboxylic acids is 1. The Kier molecular flexibility index (Phi) is 5.85. The SMILES string of the molecule is CCCN1CCN(C(=O)N2CCCC(CC(=O)O)C2)CC1. The van der Waals surface area contributed by atoms with Crippen LogP contribution < -0.4 is 0 Å². The number of urea groups is 1. The molecule has 0 aliphatic carbocycles. The fraction of sp³-hybridized carbons (Fsp3) is 0.867. The molecule has 2 rings (SSSR count). The zero-order valence-corrected chi connectivity index (χ0v) is 13.0. The molecule has 0 aromatic rings. The summed E-state index contributed by atoms with van der Waals surface area (Å²) in [4.78, 5) is 29.5. The molecule has 0 aromatic heterocycles. The molecule has 2 saturated heterocycles. The first-order chi connectivity index (χ1) is 10.1. The molecule has 21 heavy (non-hydrogen) atoms. The van der Waals surface area contributed by atoms with Crippen LogP contribution in [0.2, 0.25) is 0 Å². The third kappa shape index (κ3) is 4.59. The number of carbonyl (C=O) groups is 2. The van der Waals surface area contributed by atoms with E-state index in [1.165, 1.54) is 0 Å². The molecule has 6 nitrogen and oxygen atoms in total. The zero-order chi connectivity index (χ0) is 15.2. The quantitative estimate of drug-likeness (QED) is 0.850. The van der Waals surface area contributed by atoms with Gasteiger partial charge in [-0.15, -0.1) is 0 Å². The average Bonchev–Trinajstić information content (AvgIpc) is 2.47. The van der Waals surface area contributed by atoms with Crippen molar-refractivity contribution in [3.8, 4) is 0 Å². The highest BCUT2D eigenvalue weighted by Gasteiger charge is 2.29. The van der Waals surface area contributed by atoms with E-state index in [4.69, 9.17) is 5.11 Å². The van der Waals surface area contributed by atoms with Gasteiger partial charge in [-0.25, -0.2) is 4.79 Å². The van der Waals surface area contributed by atoms with E-state index in [0.29, 0.717) is 6.54 Å². The van der Waals surface area contributed by atoms with Gasteiger partial charge in [-0.1, -0.05) is 6.92 Å². The highest BCUT2D eigenvalue weighted by Crippen LogP contribution is 2.21. The topological polar surface area (TPSA) is 64.1 Å². The second kappa shape index (κ2) is 7.64. The van der Waals surface area contributed by atoms with E-state index in [1.54, 1.807) is 0 Å². The Morgan fingerprint density at radius 2 is 1.81 bits per heavy atom. The number of piperazine rings is 1. The van der Waals surface area contributed by atoms with Crippen LogP contribution in [0.4, 0.5) is 4.79 Å². The van der Waals surface area contributed by atoms with Gasteiger partial charge < -0.3 is 14.9 Å². The molecule has 2 aliphatic rings. The number of rotatable bonds is 4. The van der Waals surface area contributed by atoms with Crippen molar-refractivity contribution in [2.75, 3.05) is 45.8 Å². The molecule has 0 bridgehead atoms. The first kappa shape index (κ1) is 16.1. The van der Waals surface area contributed by atoms with Gasteiger partial charge in [0.1, 0.15) is 0 Å². The largest absolute Gasteiger partial charge is 0.481 e. The summed E-state index contributed by atoms with van der Waals surface area (Å²) < 4.78 is 0. The van der Waals surface area contributed by atoms with E-state index >= 15 is 0 Å². The van der Waals surface area contributed by atoms with Crippen molar-refractivity contribution in [3.05, 3.63) is 0 Å². The molecule has 2 amide bonds. The van der Waals surface area contributed by atoms with Gasteiger partial charge in [0.2, 0.25) is 0 Å². The van der Waals surface area contributed by atoms with Gasteiger partial charge in [0, 0.05) is 45.7 Å².